The molecule has 0 spiro atoms. The Morgan fingerprint density at radius 2 is 2.06 bits per heavy atom. The topological polar surface area (TPSA) is 76.5 Å². The van der Waals surface area contributed by atoms with Crippen molar-refractivity contribution in [3.8, 4) is 0 Å². The summed E-state index contributed by atoms with van der Waals surface area (Å²) in [7, 11) is -3.54. The van der Waals surface area contributed by atoms with Gasteiger partial charge in [0.2, 0.25) is 5.09 Å². The zero-order chi connectivity index (χ0) is 13.1. The highest BCUT2D eigenvalue weighted by Gasteiger charge is 2.29. The minimum absolute atomic E-state index is 0.0277. The minimum Gasteiger partial charge on any atom is -0.447 e. The Hall–Kier alpha value is -0.850. The van der Waals surface area contributed by atoms with E-state index < -0.39 is 10.0 Å². The van der Waals surface area contributed by atoms with Crippen molar-refractivity contribution in [1.82, 2.24) is 4.31 Å². The van der Waals surface area contributed by atoms with Crippen molar-refractivity contribution in [3.05, 3.63) is 17.9 Å². The van der Waals surface area contributed by atoms with Gasteiger partial charge in [-0.25, -0.2) is 8.42 Å². The van der Waals surface area contributed by atoms with Gasteiger partial charge in [0.05, 0.1) is 6.54 Å². The molecule has 0 amide bonds. The average molecular weight is 260 g/mol. The zero-order valence-corrected chi connectivity index (χ0v) is 11.3. The van der Waals surface area contributed by atoms with E-state index in [1.807, 2.05) is 20.8 Å². The van der Waals surface area contributed by atoms with Gasteiger partial charge in [-0.2, -0.15) is 4.31 Å². The summed E-state index contributed by atoms with van der Waals surface area (Å²) in [5.74, 6) is 0.476. The molecular weight excluding hydrogens is 240 g/mol. The molecule has 1 atom stereocenters. The average Bonchev–Trinajstić information content (AvgIpc) is 2.78. The molecule has 0 fully saturated rings. The highest BCUT2D eigenvalue weighted by Crippen LogP contribution is 2.21. The van der Waals surface area contributed by atoms with Gasteiger partial charge in [-0.05, 0) is 25.5 Å². The molecule has 98 valence electrons. The van der Waals surface area contributed by atoms with Gasteiger partial charge < -0.3 is 10.2 Å². The van der Waals surface area contributed by atoms with Crippen LogP contribution < -0.4 is 5.73 Å². The fourth-order valence-electron chi connectivity index (χ4n) is 1.64. The van der Waals surface area contributed by atoms with Crippen LogP contribution in [-0.2, 0) is 16.6 Å². The molecule has 5 nitrogen and oxygen atoms in total. The summed E-state index contributed by atoms with van der Waals surface area (Å²) in [5, 5.41) is -0.0277. The maximum Gasteiger partial charge on any atom is 0.276 e. The summed E-state index contributed by atoms with van der Waals surface area (Å²) in [6, 6.07) is 3.01. The first-order valence-corrected chi connectivity index (χ1v) is 7.22. The summed E-state index contributed by atoms with van der Waals surface area (Å²) >= 11 is 0. The molecule has 1 aromatic heterocycles. The molecule has 6 heteroatoms. The first kappa shape index (κ1) is 14.2. The maximum atomic E-state index is 12.3. The van der Waals surface area contributed by atoms with Crippen LogP contribution in [0.3, 0.4) is 0 Å². The highest BCUT2D eigenvalue weighted by molar-refractivity contribution is 7.89. The summed E-state index contributed by atoms with van der Waals surface area (Å²) in [6.07, 6.45) is 0.761. The Morgan fingerprint density at radius 1 is 1.41 bits per heavy atom. The normalized spacial score (nSPS) is 14.2. The lowest BCUT2D eigenvalue weighted by Gasteiger charge is -2.24. The minimum atomic E-state index is -3.54. The fraction of sp³-hybridized carbons (Fsp3) is 0.636. The number of hydrogen-bond donors (Lipinski definition) is 1. The van der Waals surface area contributed by atoms with Crippen LogP contribution in [0.2, 0.25) is 0 Å². The number of sulfonamides is 1. The van der Waals surface area contributed by atoms with E-state index in [9.17, 15) is 8.42 Å². The van der Waals surface area contributed by atoms with E-state index in [1.54, 1.807) is 6.07 Å². The Morgan fingerprint density at radius 3 is 2.47 bits per heavy atom. The van der Waals surface area contributed by atoms with E-state index in [-0.39, 0.29) is 17.7 Å². The van der Waals surface area contributed by atoms with Crippen molar-refractivity contribution in [2.75, 3.05) is 6.54 Å². The van der Waals surface area contributed by atoms with Gasteiger partial charge in [0.1, 0.15) is 5.76 Å². The summed E-state index contributed by atoms with van der Waals surface area (Å²) < 4.78 is 31.2. The van der Waals surface area contributed by atoms with Gasteiger partial charge in [-0.15, -0.1) is 0 Å². The Labute approximate surface area is 103 Å². The van der Waals surface area contributed by atoms with Crippen LogP contribution in [0.1, 0.15) is 33.0 Å². The molecule has 0 bridgehead atoms. The van der Waals surface area contributed by atoms with E-state index in [0.29, 0.717) is 12.3 Å². The van der Waals surface area contributed by atoms with Crippen LogP contribution in [0.15, 0.2) is 21.6 Å². The summed E-state index contributed by atoms with van der Waals surface area (Å²) in [5.41, 5.74) is 5.40. The fourth-order valence-corrected chi connectivity index (χ4v) is 3.29. The van der Waals surface area contributed by atoms with Gasteiger partial charge in [0, 0.05) is 12.6 Å². The lowest BCUT2D eigenvalue weighted by atomic mass is 10.3. The molecule has 0 aliphatic heterocycles. The van der Waals surface area contributed by atoms with Crippen molar-refractivity contribution in [2.45, 2.75) is 44.9 Å². The first-order chi connectivity index (χ1) is 7.97. The van der Waals surface area contributed by atoms with Crippen molar-refractivity contribution >= 4 is 10.0 Å². The van der Waals surface area contributed by atoms with Crippen molar-refractivity contribution in [3.63, 3.8) is 0 Å². The smallest absolute Gasteiger partial charge is 0.276 e. The van der Waals surface area contributed by atoms with Gasteiger partial charge in [-0.3, -0.25) is 0 Å². The van der Waals surface area contributed by atoms with Crippen LogP contribution in [0.4, 0.5) is 0 Å². The van der Waals surface area contributed by atoms with Crippen molar-refractivity contribution in [1.29, 1.82) is 0 Å². The standard InChI is InChI=1S/C11H20N2O3S/c1-4-9(3)13(5-2)17(14,15)11-7-6-10(8-12)16-11/h6-7,9H,4-5,8,12H2,1-3H3. The quantitative estimate of drug-likeness (QED) is 0.842. The lowest BCUT2D eigenvalue weighted by molar-refractivity contribution is 0.323. The monoisotopic (exact) mass is 260 g/mol. The van der Waals surface area contributed by atoms with Crippen LogP contribution in [0.5, 0.6) is 0 Å². The van der Waals surface area contributed by atoms with Crippen LogP contribution in [0.25, 0.3) is 0 Å². The Balaban J connectivity index is 3.08. The number of nitrogens with zero attached hydrogens (tertiary/aromatic N) is 1. The van der Waals surface area contributed by atoms with Crippen molar-refractivity contribution < 1.29 is 12.8 Å². The van der Waals surface area contributed by atoms with E-state index in [4.69, 9.17) is 10.2 Å². The molecule has 1 unspecified atom stereocenters. The number of nitrogens with two attached hydrogens (primary N) is 1. The molecule has 0 aliphatic carbocycles. The molecule has 1 heterocycles. The predicted molar refractivity (Wildman–Crippen MR) is 65.9 cm³/mol. The molecule has 1 rings (SSSR count). The maximum absolute atomic E-state index is 12.3. The summed E-state index contributed by atoms with van der Waals surface area (Å²) in [4.78, 5) is 0. The second-order valence-electron chi connectivity index (χ2n) is 3.89. The second-order valence-corrected chi connectivity index (χ2v) is 5.71. The first-order valence-electron chi connectivity index (χ1n) is 5.78. The molecular formula is C11H20N2O3S. The Kier molecular flexibility index (Phi) is 4.73. The van der Waals surface area contributed by atoms with E-state index in [0.717, 1.165) is 6.42 Å². The van der Waals surface area contributed by atoms with Gasteiger partial charge >= 0.3 is 0 Å². The van der Waals surface area contributed by atoms with E-state index in [2.05, 4.69) is 0 Å². The molecule has 17 heavy (non-hydrogen) atoms. The second kappa shape index (κ2) is 5.66. The number of furan rings is 1. The molecule has 0 saturated heterocycles. The van der Waals surface area contributed by atoms with E-state index in [1.165, 1.54) is 10.4 Å². The zero-order valence-electron chi connectivity index (χ0n) is 10.5. The van der Waals surface area contributed by atoms with Crippen LogP contribution >= 0.6 is 0 Å². The molecule has 0 aliphatic rings. The lowest BCUT2D eigenvalue weighted by Crippen LogP contribution is -2.37. The van der Waals surface area contributed by atoms with E-state index >= 15 is 0 Å². The van der Waals surface area contributed by atoms with Crippen molar-refractivity contribution in [2.24, 2.45) is 5.73 Å². The van der Waals surface area contributed by atoms with Crippen LogP contribution in [-0.4, -0.2) is 25.3 Å². The molecule has 0 aromatic carbocycles. The van der Waals surface area contributed by atoms with Crippen LogP contribution in [0, 0.1) is 0 Å². The predicted octanol–water partition coefficient (Wildman–Crippen LogP) is 1.55. The molecule has 0 saturated carbocycles. The van der Waals surface area contributed by atoms with Gasteiger partial charge in [-0.1, -0.05) is 13.8 Å². The largest absolute Gasteiger partial charge is 0.447 e. The summed E-state index contributed by atoms with van der Waals surface area (Å²) in [6.45, 7) is 6.28. The molecule has 0 radical (unpaired) electrons. The third-order valence-corrected chi connectivity index (χ3v) is 4.76. The number of rotatable bonds is 6. The third-order valence-electron chi connectivity index (χ3n) is 2.80. The van der Waals surface area contributed by atoms with Gasteiger partial charge in [0.25, 0.3) is 10.0 Å². The van der Waals surface area contributed by atoms with Gasteiger partial charge in [0.15, 0.2) is 0 Å². The number of hydrogen-bond acceptors (Lipinski definition) is 4. The SMILES string of the molecule is CCC(C)N(CC)S(=O)(=O)c1ccc(CN)o1. The highest BCUT2D eigenvalue weighted by atomic mass is 32.2. The molecule has 2 N–H and O–H groups in total. The Bertz CT molecular complexity index is 453. The molecule has 1 aromatic rings. The third kappa shape index (κ3) is 2.88.